The van der Waals surface area contributed by atoms with Crippen LogP contribution in [0.1, 0.15) is 22.4 Å². The molecule has 0 unspecified atom stereocenters. The second kappa shape index (κ2) is 7.85. The van der Waals surface area contributed by atoms with Crippen molar-refractivity contribution in [2.24, 2.45) is 4.99 Å². The first-order valence-corrected chi connectivity index (χ1v) is 9.28. The van der Waals surface area contributed by atoms with Gasteiger partial charge in [-0.15, -0.1) is 11.3 Å². The lowest BCUT2D eigenvalue weighted by molar-refractivity contribution is 0.173. The first-order valence-electron chi connectivity index (χ1n) is 7.67. The van der Waals surface area contributed by atoms with E-state index in [9.17, 15) is 0 Å². The van der Waals surface area contributed by atoms with Crippen molar-refractivity contribution in [1.29, 1.82) is 0 Å². The number of nitrogens with zero attached hydrogens (tertiary/aromatic N) is 2. The van der Waals surface area contributed by atoms with E-state index >= 15 is 0 Å². The number of hydrogen-bond donors (Lipinski definition) is 2. The van der Waals surface area contributed by atoms with Crippen LogP contribution in [0, 0.1) is 6.92 Å². The number of halogens is 1. The molecular formula is C16H19BrN4O2S. The number of ether oxygens (including phenoxy) is 2. The molecule has 1 aromatic heterocycles. The van der Waals surface area contributed by atoms with Crippen molar-refractivity contribution >= 4 is 33.2 Å². The van der Waals surface area contributed by atoms with Crippen LogP contribution in [-0.4, -0.2) is 24.3 Å². The molecule has 0 saturated heterocycles. The summed E-state index contributed by atoms with van der Waals surface area (Å²) in [6, 6.07) is 3.97. The van der Waals surface area contributed by atoms with Gasteiger partial charge in [-0.1, -0.05) is 0 Å². The number of aliphatic imine (C=N–C) groups is 1. The zero-order valence-electron chi connectivity index (χ0n) is 13.6. The topological polar surface area (TPSA) is 67.8 Å². The molecular weight excluding hydrogens is 392 g/mol. The maximum atomic E-state index is 5.44. The maximum Gasteiger partial charge on any atom is 0.231 e. The van der Waals surface area contributed by atoms with Gasteiger partial charge in [-0.05, 0) is 47.5 Å². The summed E-state index contributed by atoms with van der Waals surface area (Å²) in [7, 11) is 0. The van der Waals surface area contributed by atoms with E-state index in [2.05, 4.69) is 43.5 Å². The van der Waals surface area contributed by atoms with Gasteiger partial charge in [0.1, 0.15) is 5.01 Å². The van der Waals surface area contributed by atoms with Gasteiger partial charge in [0.25, 0.3) is 0 Å². The third kappa shape index (κ3) is 4.18. The fourth-order valence-electron chi connectivity index (χ4n) is 2.27. The van der Waals surface area contributed by atoms with E-state index in [1.165, 1.54) is 4.88 Å². The van der Waals surface area contributed by atoms with Gasteiger partial charge >= 0.3 is 0 Å². The van der Waals surface area contributed by atoms with Gasteiger partial charge in [0.15, 0.2) is 17.5 Å². The van der Waals surface area contributed by atoms with Gasteiger partial charge in [0.2, 0.25) is 6.79 Å². The van der Waals surface area contributed by atoms with Crippen molar-refractivity contribution in [3.8, 4) is 11.5 Å². The second-order valence-corrected chi connectivity index (χ2v) is 7.40. The number of aromatic nitrogens is 1. The van der Waals surface area contributed by atoms with Gasteiger partial charge in [-0.25, -0.2) is 9.98 Å². The number of hydrogen-bond acceptors (Lipinski definition) is 5. The Balaban J connectivity index is 1.66. The summed E-state index contributed by atoms with van der Waals surface area (Å²) in [6.45, 7) is 6.36. The molecule has 2 heterocycles. The van der Waals surface area contributed by atoms with Crippen LogP contribution in [0.5, 0.6) is 11.5 Å². The molecule has 24 heavy (non-hydrogen) atoms. The van der Waals surface area contributed by atoms with E-state index in [1.807, 2.05) is 25.3 Å². The van der Waals surface area contributed by atoms with Gasteiger partial charge in [-0.3, -0.25) is 0 Å². The fraction of sp³-hybridized carbons (Fsp3) is 0.375. The third-order valence-electron chi connectivity index (χ3n) is 3.33. The molecule has 128 valence electrons. The average Bonchev–Trinajstić information content (AvgIpc) is 3.19. The van der Waals surface area contributed by atoms with Gasteiger partial charge in [0.05, 0.1) is 17.6 Å². The first kappa shape index (κ1) is 17.0. The maximum absolute atomic E-state index is 5.44. The molecule has 6 nitrogen and oxygen atoms in total. The largest absolute Gasteiger partial charge is 0.454 e. The number of benzene rings is 1. The molecule has 3 rings (SSSR count). The second-order valence-electron chi connectivity index (χ2n) is 5.22. The van der Waals surface area contributed by atoms with Crippen molar-refractivity contribution in [3.05, 3.63) is 38.3 Å². The lowest BCUT2D eigenvalue weighted by atomic mass is 10.2. The van der Waals surface area contributed by atoms with Crippen LogP contribution in [-0.2, 0) is 13.1 Å². The van der Waals surface area contributed by atoms with Crippen LogP contribution >= 0.6 is 27.3 Å². The van der Waals surface area contributed by atoms with Crippen molar-refractivity contribution in [2.75, 3.05) is 13.3 Å². The van der Waals surface area contributed by atoms with Gasteiger partial charge in [-0.2, -0.15) is 0 Å². The molecule has 0 spiro atoms. The molecule has 2 aromatic rings. The summed E-state index contributed by atoms with van der Waals surface area (Å²) in [5.41, 5.74) is 1.05. The van der Waals surface area contributed by atoms with E-state index in [0.29, 0.717) is 13.1 Å². The third-order valence-corrected chi connectivity index (χ3v) is 4.83. The van der Waals surface area contributed by atoms with Crippen molar-refractivity contribution < 1.29 is 9.47 Å². The highest BCUT2D eigenvalue weighted by Crippen LogP contribution is 2.40. The first-order chi connectivity index (χ1) is 11.7. The van der Waals surface area contributed by atoms with Crippen LogP contribution < -0.4 is 20.1 Å². The zero-order valence-corrected chi connectivity index (χ0v) is 16.0. The molecule has 0 amide bonds. The summed E-state index contributed by atoms with van der Waals surface area (Å²) in [4.78, 5) is 10.2. The normalized spacial score (nSPS) is 13.2. The fourth-order valence-corrected chi connectivity index (χ4v) is 3.60. The van der Waals surface area contributed by atoms with Crippen LogP contribution in [0.25, 0.3) is 0 Å². The van der Waals surface area contributed by atoms with Crippen LogP contribution in [0.15, 0.2) is 27.8 Å². The van der Waals surface area contributed by atoms with E-state index in [1.54, 1.807) is 11.3 Å². The summed E-state index contributed by atoms with van der Waals surface area (Å²) in [5.74, 6) is 2.27. The summed E-state index contributed by atoms with van der Waals surface area (Å²) in [5, 5.41) is 7.60. The number of rotatable bonds is 5. The van der Waals surface area contributed by atoms with E-state index in [4.69, 9.17) is 9.47 Å². The Labute approximate surface area is 153 Å². The standard InChI is InChI=1S/C16H19BrN4O2S/c1-3-18-16(21-8-14-19-6-10(2)24-14)20-7-11-4-12(17)15-13(5-11)22-9-23-15/h4-6H,3,7-9H2,1-2H3,(H2,18,20,21). The molecule has 0 radical (unpaired) electrons. The molecule has 1 aliphatic rings. The van der Waals surface area contributed by atoms with Crippen LogP contribution in [0.3, 0.4) is 0 Å². The zero-order chi connectivity index (χ0) is 16.9. The minimum atomic E-state index is 0.262. The summed E-state index contributed by atoms with van der Waals surface area (Å²) < 4.78 is 11.7. The minimum Gasteiger partial charge on any atom is -0.454 e. The Hall–Kier alpha value is -1.80. The number of aryl methyl sites for hydroxylation is 1. The van der Waals surface area contributed by atoms with Crippen molar-refractivity contribution in [1.82, 2.24) is 15.6 Å². The molecule has 0 saturated carbocycles. The SMILES string of the molecule is CCNC(=NCc1cc(Br)c2c(c1)OCO2)NCc1ncc(C)s1. The number of thiazole rings is 1. The molecule has 8 heteroatoms. The predicted molar refractivity (Wildman–Crippen MR) is 98.8 cm³/mol. The Morgan fingerprint density at radius 3 is 3.00 bits per heavy atom. The van der Waals surface area contributed by atoms with E-state index in [0.717, 1.165) is 39.0 Å². The molecule has 0 aliphatic carbocycles. The molecule has 1 aliphatic heterocycles. The molecule has 0 fully saturated rings. The lowest BCUT2D eigenvalue weighted by Gasteiger charge is -2.10. The van der Waals surface area contributed by atoms with Crippen molar-refractivity contribution in [3.63, 3.8) is 0 Å². The summed E-state index contributed by atoms with van der Waals surface area (Å²) >= 11 is 5.19. The Kier molecular flexibility index (Phi) is 5.57. The molecule has 1 aromatic carbocycles. The van der Waals surface area contributed by atoms with Gasteiger partial charge in [0, 0.05) is 17.6 Å². The van der Waals surface area contributed by atoms with Crippen LogP contribution in [0.4, 0.5) is 0 Å². The van der Waals surface area contributed by atoms with Crippen molar-refractivity contribution in [2.45, 2.75) is 26.9 Å². The highest BCUT2D eigenvalue weighted by atomic mass is 79.9. The highest BCUT2D eigenvalue weighted by molar-refractivity contribution is 9.10. The Morgan fingerprint density at radius 1 is 1.38 bits per heavy atom. The molecule has 0 atom stereocenters. The van der Waals surface area contributed by atoms with E-state index in [-0.39, 0.29) is 6.79 Å². The summed E-state index contributed by atoms with van der Waals surface area (Å²) in [6.07, 6.45) is 1.88. The monoisotopic (exact) mass is 410 g/mol. The lowest BCUT2D eigenvalue weighted by Crippen LogP contribution is -2.36. The molecule has 2 N–H and O–H groups in total. The Morgan fingerprint density at radius 2 is 2.25 bits per heavy atom. The average molecular weight is 411 g/mol. The number of fused-ring (bicyclic) bond motifs is 1. The van der Waals surface area contributed by atoms with Crippen LogP contribution in [0.2, 0.25) is 0 Å². The van der Waals surface area contributed by atoms with E-state index < -0.39 is 0 Å². The minimum absolute atomic E-state index is 0.262. The molecule has 0 bridgehead atoms. The quantitative estimate of drug-likeness (QED) is 0.584. The van der Waals surface area contributed by atoms with Gasteiger partial charge < -0.3 is 20.1 Å². The highest BCUT2D eigenvalue weighted by Gasteiger charge is 2.17. The Bertz CT molecular complexity index is 748. The number of nitrogens with one attached hydrogen (secondary N) is 2. The predicted octanol–water partition coefficient (Wildman–Crippen LogP) is 3.20. The smallest absolute Gasteiger partial charge is 0.231 e. The number of guanidine groups is 1.